The maximum atomic E-state index is 10.9. The lowest BCUT2D eigenvalue weighted by molar-refractivity contribution is -0.119. The molecule has 0 aliphatic carbocycles. The summed E-state index contributed by atoms with van der Waals surface area (Å²) in [5, 5.41) is 16.3. The number of nitrogens with one attached hydrogen (secondary N) is 2. The highest BCUT2D eigenvalue weighted by atomic mass is 32.1. The topological polar surface area (TPSA) is 84.7 Å². The normalized spacial score (nSPS) is 9.57. The molecule has 0 aromatic carbocycles. The molecule has 0 radical (unpaired) electrons. The number of hydrogen-bond donors (Lipinski definition) is 2. The summed E-state index contributed by atoms with van der Waals surface area (Å²) in [6, 6.07) is 0. The average Bonchev–Trinajstić information content (AvgIpc) is 2.50. The Morgan fingerprint density at radius 1 is 1.64 bits per heavy atom. The van der Waals surface area contributed by atoms with Gasteiger partial charge in [0.15, 0.2) is 5.11 Å². The molecule has 0 saturated carbocycles. The molecule has 1 heterocycles. The van der Waals surface area contributed by atoms with Gasteiger partial charge in [-0.1, -0.05) is 12.0 Å². The number of aryl methyl sites for hydroxylation is 1. The van der Waals surface area contributed by atoms with Crippen molar-refractivity contribution >= 4 is 29.2 Å². The zero-order valence-electron chi connectivity index (χ0n) is 7.81. The maximum absolute atomic E-state index is 10.9. The van der Waals surface area contributed by atoms with E-state index in [1.807, 2.05) is 0 Å². The molecule has 1 rings (SSSR count). The van der Waals surface area contributed by atoms with Crippen LogP contribution in [-0.2, 0) is 11.8 Å². The number of aromatic nitrogens is 4. The van der Waals surface area contributed by atoms with E-state index in [1.54, 1.807) is 14.0 Å². The first kappa shape index (κ1) is 10.5. The van der Waals surface area contributed by atoms with Crippen LogP contribution < -0.4 is 10.6 Å². The van der Waals surface area contributed by atoms with Crippen molar-refractivity contribution in [3.63, 3.8) is 0 Å². The Labute approximate surface area is 85.9 Å². The second-order valence-electron chi connectivity index (χ2n) is 2.46. The summed E-state index contributed by atoms with van der Waals surface area (Å²) in [6.07, 6.45) is 0.371. The smallest absolute Gasteiger partial charge is 0.269 e. The quantitative estimate of drug-likeness (QED) is 0.641. The maximum Gasteiger partial charge on any atom is 0.269 e. The summed E-state index contributed by atoms with van der Waals surface area (Å²) in [5.74, 6) is 0.0975. The molecule has 0 atom stereocenters. The third-order valence-corrected chi connectivity index (χ3v) is 1.51. The Morgan fingerprint density at radius 2 is 2.36 bits per heavy atom. The third-order valence-electron chi connectivity index (χ3n) is 1.31. The lowest BCUT2D eigenvalue weighted by Gasteiger charge is -2.03. The highest BCUT2D eigenvalue weighted by molar-refractivity contribution is 7.80. The van der Waals surface area contributed by atoms with E-state index in [-0.39, 0.29) is 17.0 Å². The summed E-state index contributed by atoms with van der Waals surface area (Å²) < 4.78 is 0. The second kappa shape index (κ2) is 4.61. The fourth-order valence-corrected chi connectivity index (χ4v) is 0.887. The van der Waals surface area contributed by atoms with Crippen LogP contribution in [0.2, 0.25) is 0 Å². The minimum absolute atomic E-state index is 0.161. The second-order valence-corrected chi connectivity index (χ2v) is 2.87. The van der Waals surface area contributed by atoms with Gasteiger partial charge in [0.2, 0.25) is 5.91 Å². The molecule has 0 aliphatic rings. The molecule has 0 fully saturated rings. The van der Waals surface area contributed by atoms with Gasteiger partial charge < -0.3 is 5.32 Å². The van der Waals surface area contributed by atoms with E-state index in [9.17, 15) is 4.79 Å². The molecule has 1 aromatic rings. The molecule has 0 unspecified atom stereocenters. The van der Waals surface area contributed by atoms with Gasteiger partial charge in [0, 0.05) is 6.42 Å². The van der Waals surface area contributed by atoms with Crippen molar-refractivity contribution in [3.05, 3.63) is 0 Å². The fraction of sp³-hybridized carbons (Fsp3) is 0.500. The van der Waals surface area contributed by atoms with E-state index in [0.29, 0.717) is 6.42 Å². The minimum atomic E-state index is -0.161. The van der Waals surface area contributed by atoms with Crippen molar-refractivity contribution in [1.29, 1.82) is 0 Å². The summed E-state index contributed by atoms with van der Waals surface area (Å²) in [5.41, 5.74) is 0. The van der Waals surface area contributed by atoms with Gasteiger partial charge in [-0.15, -0.1) is 5.10 Å². The van der Waals surface area contributed by atoms with E-state index in [1.165, 1.54) is 4.80 Å². The molecule has 1 aromatic heterocycles. The number of nitrogens with zero attached hydrogens (tertiary/aromatic N) is 4. The summed E-state index contributed by atoms with van der Waals surface area (Å²) in [7, 11) is 1.63. The van der Waals surface area contributed by atoms with Gasteiger partial charge in [-0.2, -0.15) is 4.80 Å². The molecule has 1 amide bonds. The average molecular weight is 214 g/mol. The van der Waals surface area contributed by atoms with E-state index < -0.39 is 0 Å². The number of amides is 1. The Hall–Kier alpha value is -1.57. The molecule has 7 nitrogen and oxygen atoms in total. The largest absolute Gasteiger partial charge is 0.303 e. The summed E-state index contributed by atoms with van der Waals surface area (Å²) in [6.45, 7) is 1.73. The van der Waals surface area contributed by atoms with Crippen molar-refractivity contribution in [2.75, 3.05) is 5.32 Å². The predicted molar refractivity (Wildman–Crippen MR) is 53.5 cm³/mol. The molecular weight excluding hydrogens is 204 g/mol. The fourth-order valence-electron chi connectivity index (χ4n) is 0.682. The van der Waals surface area contributed by atoms with Crippen LogP contribution in [-0.4, -0.2) is 31.2 Å². The number of carbonyl (C=O) groups excluding carboxylic acids is 1. The lowest BCUT2D eigenvalue weighted by Crippen LogP contribution is -2.33. The van der Waals surface area contributed by atoms with Crippen molar-refractivity contribution in [1.82, 2.24) is 25.5 Å². The lowest BCUT2D eigenvalue weighted by atomic mass is 10.5. The molecule has 0 aliphatic heterocycles. The van der Waals surface area contributed by atoms with Crippen molar-refractivity contribution in [3.8, 4) is 0 Å². The molecule has 0 bridgehead atoms. The van der Waals surface area contributed by atoms with E-state index in [4.69, 9.17) is 12.2 Å². The SMILES string of the molecule is CCC(=O)NC(=S)Nc1nnn(C)n1. The van der Waals surface area contributed by atoms with E-state index >= 15 is 0 Å². The number of rotatable bonds is 2. The van der Waals surface area contributed by atoms with Gasteiger partial charge in [0.25, 0.3) is 5.95 Å². The molecule has 0 saturated heterocycles. The number of hydrogen-bond acceptors (Lipinski definition) is 5. The summed E-state index contributed by atoms with van der Waals surface area (Å²) in [4.78, 5) is 12.2. The third kappa shape index (κ3) is 3.05. The zero-order valence-corrected chi connectivity index (χ0v) is 8.63. The first-order valence-corrected chi connectivity index (χ1v) is 4.37. The van der Waals surface area contributed by atoms with Crippen LogP contribution in [0.3, 0.4) is 0 Å². The Morgan fingerprint density at radius 3 is 2.86 bits per heavy atom. The standard InChI is InChI=1S/C6H10N6OS/c1-3-4(13)7-6(14)8-5-9-11-12(2)10-5/h3H2,1-2H3,(H2,7,8,10,13,14). The predicted octanol–water partition coefficient (Wildman–Crippen LogP) is -0.567. The van der Waals surface area contributed by atoms with E-state index in [0.717, 1.165) is 0 Å². The number of thiocarbonyl (C=S) groups is 1. The molecule has 2 N–H and O–H groups in total. The molecule has 76 valence electrons. The van der Waals surface area contributed by atoms with Gasteiger partial charge in [-0.3, -0.25) is 10.1 Å². The van der Waals surface area contributed by atoms with Crippen molar-refractivity contribution < 1.29 is 4.79 Å². The van der Waals surface area contributed by atoms with Crippen LogP contribution >= 0.6 is 12.2 Å². The number of anilines is 1. The van der Waals surface area contributed by atoms with Crippen molar-refractivity contribution in [2.24, 2.45) is 7.05 Å². The molecule has 8 heteroatoms. The first-order valence-electron chi connectivity index (χ1n) is 3.96. The highest BCUT2D eigenvalue weighted by Crippen LogP contribution is 1.91. The van der Waals surface area contributed by atoms with Crippen LogP contribution in [0.5, 0.6) is 0 Å². The van der Waals surface area contributed by atoms with Gasteiger partial charge in [-0.05, 0) is 17.4 Å². The van der Waals surface area contributed by atoms with Gasteiger partial charge >= 0.3 is 0 Å². The molecule has 0 spiro atoms. The van der Waals surface area contributed by atoms with Crippen LogP contribution in [0.15, 0.2) is 0 Å². The Bertz CT molecular complexity index is 348. The van der Waals surface area contributed by atoms with Gasteiger partial charge in [-0.25, -0.2) is 0 Å². The number of tetrazole rings is 1. The molecule has 14 heavy (non-hydrogen) atoms. The first-order chi connectivity index (χ1) is 6.61. The Kier molecular flexibility index (Phi) is 3.46. The van der Waals surface area contributed by atoms with Crippen LogP contribution in [0.1, 0.15) is 13.3 Å². The monoisotopic (exact) mass is 214 g/mol. The minimum Gasteiger partial charge on any atom is -0.303 e. The van der Waals surface area contributed by atoms with Crippen LogP contribution in [0, 0.1) is 0 Å². The zero-order chi connectivity index (χ0) is 10.6. The summed E-state index contributed by atoms with van der Waals surface area (Å²) >= 11 is 4.83. The molecular formula is C6H10N6OS. The van der Waals surface area contributed by atoms with Crippen LogP contribution in [0.25, 0.3) is 0 Å². The number of carbonyl (C=O) groups is 1. The Balaban J connectivity index is 2.45. The van der Waals surface area contributed by atoms with Crippen molar-refractivity contribution in [2.45, 2.75) is 13.3 Å². The van der Waals surface area contributed by atoms with E-state index in [2.05, 4.69) is 26.0 Å². The van der Waals surface area contributed by atoms with Crippen LogP contribution in [0.4, 0.5) is 5.95 Å². The van der Waals surface area contributed by atoms with Gasteiger partial charge in [0.1, 0.15) is 0 Å². The van der Waals surface area contributed by atoms with Gasteiger partial charge in [0.05, 0.1) is 7.05 Å². The highest BCUT2D eigenvalue weighted by Gasteiger charge is 2.04.